The molecule has 0 atom stereocenters. The molecule has 0 amide bonds. The fraction of sp³-hybridized carbons (Fsp3) is 0.909. The van der Waals surface area contributed by atoms with Crippen molar-refractivity contribution in [3.05, 3.63) is 0 Å². The molecule has 4 aliphatic rings. The van der Waals surface area contributed by atoms with Gasteiger partial charge in [0.2, 0.25) is 0 Å². The summed E-state index contributed by atoms with van der Waals surface area (Å²) in [5, 5.41) is 10.9. The van der Waals surface area contributed by atoms with Crippen LogP contribution in [-0.4, -0.2) is 30.0 Å². The fourth-order valence-electron chi connectivity index (χ4n) is 4.03. The van der Waals surface area contributed by atoms with E-state index >= 15 is 0 Å². The highest BCUT2D eigenvalue weighted by molar-refractivity contribution is 5.77. The first-order valence-corrected chi connectivity index (χ1v) is 5.82. The predicted octanol–water partition coefficient (Wildman–Crippen LogP) is 1.40. The van der Waals surface area contributed by atoms with Crippen molar-refractivity contribution in [1.82, 2.24) is 10.2 Å². The molecule has 0 unspecified atom stereocenters. The number of piperidine rings is 2. The van der Waals surface area contributed by atoms with Crippen molar-refractivity contribution in [1.29, 1.82) is 5.41 Å². The van der Waals surface area contributed by atoms with Gasteiger partial charge in [0, 0.05) is 19.1 Å². The number of hydrogen-bond donors (Lipinski definition) is 2. The second-order valence-electron chi connectivity index (χ2n) is 5.22. The second kappa shape index (κ2) is 2.88. The molecule has 14 heavy (non-hydrogen) atoms. The van der Waals surface area contributed by atoms with Gasteiger partial charge in [-0.2, -0.15) is 0 Å². The van der Waals surface area contributed by atoms with Crippen LogP contribution in [0.25, 0.3) is 0 Å². The van der Waals surface area contributed by atoms with E-state index in [9.17, 15) is 0 Å². The third kappa shape index (κ3) is 1.07. The maximum atomic E-state index is 7.93. The van der Waals surface area contributed by atoms with Crippen molar-refractivity contribution in [2.45, 2.75) is 44.2 Å². The van der Waals surface area contributed by atoms with Gasteiger partial charge >= 0.3 is 0 Å². The number of guanidine groups is 1. The highest BCUT2D eigenvalue weighted by Crippen LogP contribution is 2.48. The Morgan fingerprint density at radius 3 is 2.00 bits per heavy atom. The average molecular weight is 193 g/mol. The number of nitrogens with zero attached hydrogens (tertiary/aromatic N) is 1. The molecule has 0 spiro atoms. The number of hydrogen-bond acceptors (Lipinski definition) is 1. The monoisotopic (exact) mass is 193 g/mol. The summed E-state index contributed by atoms with van der Waals surface area (Å²) in [4.78, 5) is 2.35. The van der Waals surface area contributed by atoms with Crippen molar-refractivity contribution < 1.29 is 0 Å². The van der Waals surface area contributed by atoms with Crippen LogP contribution >= 0.6 is 0 Å². The van der Waals surface area contributed by atoms with E-state index in [-0.39, 0.29) is 0 Å². The Bertz CT molecular complexity index is 233. The highest BCUT2D eigenvalue weighted by atomic mass is 15.3. The molecule has 0 aromatic heterocycles. The largest absolute Gasteiger partial charge is 0.359 e. The lowest BCUT2D eigenvalue weighted by Crippen LogP contribution is -2.61. The zero-order valence-corrected chi connectivity index (χ0v) is 8.79. The van der Waals surface area contributed by atoms with Crippen LogP contribution < -0.4 is 5.32 Å². The summed E-state index contributed by atoms with van der Waals surface area (Å²) < 4.78 is 0. The van der Waals surface area contributed by atoms with Crippen LogP contribution in [0.1, 0.15) is 32.1 Å². The van der Waals surface area contributed by atoms with Gasteiger partial charge in [-0.3, -0.25) is 5.41 Å². The van der Waals surface area contributed by atoms with Crippen molar-refractivity contribution in [2.75, 3.05) is 7.05 Å². The van der Waals surface area contributed by atoms with E-state index in [2.05, 4.69) is 10.2 Å². The summed E-state index contributed by atoms with van der Waals surface area (Å²) in [6.45, 7) is 0. The third-order valence-electron chi connectivity index (χ3n) is 4.37. The van der Waals surface area contributed by atoms with Crippen LogP contribution in [0, 0.1) is 17.2 Å². The summed E-state index contributed by atoms with van der Waals surface area (Å²) in [6.07, 6.45) is 6.86. The van der Waals surface area contributed by atoms with Gasteiger partial charge in [-0.1, -0.05) is 0 Å². The highest BCUT2D eigenvalue weighted by Gasteiger charge is 2.47. The van der Waals surface area contributed by atoms with Gasteiger partial charge in [0.15, 0.2) is 5.96 Å². The van der Waals surface area contributed by atoms with Crippen LogP contribution in [0.15, 0.2) is 0 Å². The maximum absolute atomic E-state index is 7.93. The smallest absolute Gasteiger partial charge is 0.191 e. The van der Waals surface area contributed by atoms with Gasteiger partial charge in [-0.05, 0) is 43.9 Å². The Kier molecular flexibility index (Phi) is 1.76. The van der Waals surface area contributed by atoms with Crippen LogP contribution in [0.4, 0.5) is 0 Å². The molecule has 4 fully saturated rings. The van der Waals surface area contributed by atoms with Gasteiger partial charge in [0.1, 0.15) is 0 Å². The normalized spacial score (nSPS) is 44.2. The second-order valence-corrected chi connectivity index (χ2v) is 5.22. The van der Waals surface area contributed by atoms with E-state index in [1.54, 1.807) is 0 Å². The Balaban J connectivity index is 1.84. The molecule has 0 aromatic rings. The Morgan fingerprint density at radius 2 is 1.57 bits per heavy atom. The molecule has 0 radical (unpaired) electrons. The molecular weight excluding hydrogens is 174 g/mol. The van der Waals surface area contributed by atoms with E-state index in [1.807, 2.05) is 7.05 Å². The fourth-order valence-corrected chi connectivity index (χ4v) is 4.03. The van der Waals surface area contributed by atoms with Crippen LogP contribution in [0.2, 0.25) is 0 Å². The first-order chi connectivity index (χ1) is 6.78. The molecule has 2 aliphatic carbocycles. The minimum Gasteiger partial charge on any atom is -0.359 e. The van der Waals surface area contributed by atoms with Gasteiger partial charge in [-0.25, -0.2) is 0 Å². The minimum absolute atomic E-state index is 0.652. The molecule has 4 bridgehead atoms. The molecule has 3 heteroatoms. The first-order valence-electron chi connectivity index (χ1n) is 5.82. The van der Waals surface area contributed by atoms with Crippen LogP contribution in [0.3, 0.4) is 0 Å². The summed E-state index contributed by atoms with van der Waals surface area (Å²) in [7, 11) is 1.87. The topological polar surface area (TPSA) is 39.1 Å². The van der Waals surface area contributed by atoms with Crippen LogP contribution in [0.5, 0.6) is 0 Å². The van der Waals surface area contributed by atoms with Gasteiger partial charge in [-0.15, -0.1) is 0 Å². The standard InChI is InChI=1S/C11H19N3/c1-13-11(12)14-9-3-7-2-8(5-9)6-10(14)4-7/h7-10H,2-6H2,1H3,(H2,12,13). The minimum atomic E-state index is 0.652. The molecule has 2 saturated carbocycles. The van der Waals surface area contributed by atoms with Crippen molar-refractivity contribution in [3.8, 4) is 0 Å². The molecule has 0 aromatic carbocycles. The lowest BCUT2D eigenvalue weighted by molar-refractivity contribution is -0.0184. The van der Waals surface area contributed by atoms with E-state index in [0.717, 1.165) is 11.8 Å². The Hall–Kier alpha value is -0.730. The predicted molar refractivity (Wildman–Crippen MR) is 56.3 cm³/mol. The van der Waals surface area contributed by atoms with E-state index in [0.29, 0.717) is 18.0 Å². The van der Waals surface area contributed by atoms with Gasteiger partial charge in [0.05, 0.1) is 0 Å². The molecule has 78 valence electrons. The summed E-state index contributed by atoms with van der Waals surface area (Å²) in [5.41, 5.74) is 0. The van der Waals surface area contributed by atoms with Crippen molar-refractivity contribution >= 4 is 5.96 Å². The molecule has 4 rings (SSSR count). The summed E-state index contributed by atoms with van der Waals surface area (Å²) in [5.74, 6) is 2.62. The number of nitrogens with one attached hydrogen (secondary N) is 2. The molecule has 2 N–H and O–H groups in total. The van der Waals surface area contributed by atoms with Gasteiger partial charge in [0.25, 0.3) is 0 Å². The number of rotatable bonds is 0. The summed E-state index contributed by atoms with van der Waals surface area (Å²) in [6, 6.07) is 1.37. The van der Waals surface area contributed by atoms with Crippen LogP contribution in [-0.2, 0) is 0 Å². The average Bonchev–Trinajstić information content (AvgIpc) is 2.15. The molecule has 2 saturated heterocycles. The first kappa shape index (κ1) is 8.57. The zero-order valence-electron chi connectivity index (χ0n) is 8.79. The Labute approximate surface area is 85.4 Å². The Morgan fingerprint density at radius 1 is 1.07 bits per heavy atom. The molecular formula is C11H19N3. The quantitative estimate of drug-likeness (QED) is 0.451. The van der Waals surface area contributed by atoms with Gasteiger partial charge < -0.3 is 10.2 Å². The third-order valence-corrected chi connectivity index (χ3v) is 4.37. The summed E-state index contributed by atoms with van der Waals surface area (Å²) >= 11 is 0. The lowest BCUT2D eigenvalue weighted by atomic mass is 9.64. The maximum Gasteiger partial charge on any atom is 0.191 e. The zero-order chi connectivity index (χ0) is 9.71. The molecule has 2 heterocycles. The van der Waals surface area contributed by atoms with Crippen molar-refractivity contribution in [2.24, 2.45) is 11.8 Å². The SMILES string of the molecule is CNC(=N)N1C2CC3CC(C2)CC1C3. The molecule has 2 aliphatic heterocycles. The van der Waals surface area contributed by atoms with E-state index in [4.69, 9.17) is 5.41 Å². The molecule has 3 nitrogen and oxygen atoms in total. The van der Waals surface area contributed by atoms with Crippen molar-refractivity contribution in [3.63, 3.8) is 0 Å². The van der Waals surface area contributed by atoms with E-state index < -0.39 is 0 Å². The van der Waals surface area contributed by atoms with E-state index in [1.165, 1.54) is 32.1 Å². The lowest BCUT2D eigenvalue weighted by Gasteiger charge is -2.57.